The molecule has 0 heterocycles. The number of non-ortho nitro benzene ring substituents is 1. The van der Waals surface area contributed by atoms with Crippen molar-refractivity contribution in [3.63, 3.8) is 0 Å². The number of nitrogens with zero attached hydrogens (tertiary/aromatic N) is 1. The molecule has 2 aromatic carbocycles. The van der Waals surface area contributed by atoms with Crippen LogP contribution in [0.5, 0.6) is 0 Å². The van der Waals surface area contributed by atoms with Crippen molar-refractivity contribution in [2.24, 2.45) is 0 Å². The lowest BCUT2D eigenvalue weighted by Crippen LogP contribution is -2.12. The van der Waals surface area contributed by atoms with E-state index >= 15 is 0 Å². The highest BCUT2D eigenvalue weighted by Gasteiger charge is 2.15. The Bertz CT molecular complexity index is 613. The first kappa shape index (κ1) is 14.0. The quantitative estimate of drug-likeness (QED) is 0.600. The molecule has 0 aromatic heterocycles. The van der Waals surface area contributed by atoms with E-state index in [2.05, 4.69) is 32.1 Å². The van der Waals surface area contributed by atoms with Gasteiger partial charge in [0.15, 0.2) is 0 Å². The highest BCUT2D eigenvalue weighted by molar-refractivity contribution is 5.54. The largest absolute Gasteiger partial charge is 0.269 e. The second-order valence-electron chi connectivity index (χ2n) is 5.27. The first-order valence-corrected chi connectivity index (χ1v) is 6.48. The second-order valence-corrected chi connectivity index (χ2v) is 5.27. The van der Waals surface area contributed by atoms with E-state index in [0.717, 1.165) is 5.56 Å². The van der Waals surface area contributed by atoms with Gasteiger partial charge in [-0.3, -0.25) is 10.1 Å². The molecule has 0 aliphatic rings. The van der Waals surface area contributed by atoms with Gasteiger partial charge >= 0.3 is 0 Å². The SMILES string of the molecule is CC(C)(/C=C/c1ccc([N+](=O)[O-])cc1)c1ccccc1. The number of rotatable bonds is 4. The molecule has 0 aliphatic carbocycles. The van der Waals surface area contributed by atoms with Crippen molar-refractivity contribution in [1.82, 2.24) is 0 Å². The Balaban J connectivity index is 2.18. The van der Waals surface area contributed by atoms with E-state index < -0.39 is 0 Å². The Morgan fingerprint density at radius 1 is 1.00 bits per heavy atom. The predicted octanol–water partition coefficient (Wildman–Crippen LogP) is 4.59. The summed E-state index contributed by atoms with van der Waals surface area (Å²) in [6.07, 6.45) is 4.11. The number of hydrogen-bond acceptors (Lipinski definition) is 2. The first-order chi connectivity index (χ1) is 9.49. The molecule has 2 rings (SSSR count). The van der Waals surface area contributed by atoms with Crippen LogP contribution in [-0.4, -0.2) is 4.92 Å². The topological polar surface area (TPSA) is 43.1 Å². The summed E-state index contributed by atoms with van der Waals surface area (Å²) in [5, 5.41) is 10.6. The van der Waals surface area contributed by atoms with Crippen LogP contribution in [0.25, 0.3) is 6.08 Å². The molecule has 102 valence electrons. The van der Waals surface area contributed by atoms with Crippen LogP contribution in [0.1, 0.15) is 25.0 Å². The van der Waals surface area contributed by atoms with Gasteiger partial charge in [0.2, 0.25) is 0 Å². The molecule has 0 spiro atoms. The fourth-order valence-electron chi connectivity index (χ4n) is 1.98. The van der Waals surface area contributed by atoms with Gasteiger partial charge in [0.05, 0.1) is 4.92 Å². The summed E-state index contributed by atoms with van der Waals surface area (Å²) < 4.78 is 0. The number of allylic oxidation sites excluding steroid dienone is 1. The molecule has 0 N–H and O–H groups in total. The highest BCUT2D eigenvalue weighted by Crippen LogP contribution is 2.25. The van der Waals surface area contributed by atoms with E-state index in [4.69, 9.17) is 0 Å². The summed E-state index contributed by atoms with van der Waals surface area (Å²) >= 11 is 0. The minimum absolute atomic E-state index is 0.0803. The van der Waals surface area contributed by atoms with Crippen molar-refractivity contribution < 1.29 is 4.92 Å². The van der Waals surface area contributed by atoms with E-state index in [1.165, 1.54) is 17.7 Å². The fraction of sp³-hybridized carbons (Fsp3) is 0.176. The summed E-state index contributed by atoms with van der Waals surface area (Å²) in [5.41, 5.74) is 2.23. The number of nitro groups is 1. The molecule has 0 aliphatic heterocycles. The summed E-state index contributed by atoms with van der Waals surface area (Å²) in [7, 11) is 0. The monoisotopic (exact) mass is 267 g/mol. The van der Waals surface area contributed by atoms with Crippen LogP contribution in [0.2, 0.25) is 0 Å². The van der Waals surface area contributed by atoms with Crippen molar-refractivity contribution in [1.29, 1.82) is 0 Å². The lowest BCUT2D eigenvalue weighted by molar-refractivity contribution is -0.384. The summed E-state index contributed by atoms with van der Waals surface area (Å²) in [6.45, 7) is 4.29. The van der Waals surface area contributed by atoms with E-state index in [1.54, 1.807) is 12.1 Å². The maximum absolute atomic E-state index is 10.6. The zero-order chi connectivity index (χ0) is 14.6. The highest BCUT2D eigenvalue weighted by atomic mass is 16.6. The van der Waals surface area contributed by atoms with Gasteiger partial charge in [0, 0.05) is 17.5 Å². The summed E-state index contributed by atoms with van der Waals surface area (Å²) in [5.74, 6) is 0. The Hall–Kier alpha value is -2.42. The number of nitro benzene ring substituents is 1. The van der Waals surface area contributed by atoms with Crippen LogP contribution in [-0.2, 0) is 5.41 Å². The van der Waals surface area contributed by atoms with E-state index in [9.17, 15) is 10.1 Å². The lowest BCUT2D eigenvalue weighted by atomic mass is 9.84. The van der Waals surface area contributed by atoms with Crippen molar-refractivity contribution >= 4 is 11.8 Å². The van der Waals surface area contributed by atoms with Crippen molar-refractivity contribution in [3.05, 3.63) is 81.9 Å². The zero-order valence-corrected chi connectivity index (χ0v) is 11.6. The van der Waals surface area contributed by atoms with Gasteiger partial charge in [0.25, 0.3) is 5.69 Å². The van der Waals surface area contributed by atoms with Crippen LogP contribution < -0.4 is 0 Å². The van der Waals surface area contributed by atoms with Crippen LogP contribution in [0.3, 0.4) is 0 Å². The average molecular weight is 267 g/mol. The molecule has 0 saturated carbocycles. The van der Waals surface area contributed by atoms with Crippen LogP contribution in [0.15, 0.2) is 60.7 Å². The Morgan fingerprint density at radius 2 is 1.60 bits per heavy atom. The Labute approximate surface area is 118 Å². The first-order valence-electron chi connectivity index (χ1n) is 6.48. The maximum atomic E-state index is 10.6. The minimum Gasteiger partial charge on any atom is -0.258 e. The molecule has 2 aromatic rings. The fourth-order valence-corrected chi connectivity index (χ4v) is 1.98. The third-order valence-corrected chi connectivity index (χ3v) is 3.31. The number of hydrogen-bond donors (Lipinski definition) is 0. The smallest absolute Gasteiger partial charge is 0.258 e. The van der Waals surface area contributed by atoms with Crippen molar-refractivity contribution in [2.45, 2.75) is 19.3 Å². The van der Waals surface area contributed by atoms with Crippen molar-refractivity contribution in [2.75, 3.05) is 0 Å². The van der Waals surface area contributed by atoms with Gasteiger partial charge in [-0.05, 0) is 23.3 Å². The molecule has 0 amide bonds. The zero-order valence-electron chi connectivity index (χ0n) is 11.6. The second kappa shape index (κ2) is 5.70. The van der Waals surface area contributed by atoms with Crippen molar-refractivity contribution in [3.8, 4) is 0 Å². The molecule has 0 radical (unpaired) electrons. The molecule has 3 nitrogen and oxygen atoms in total. The van der Waals surface area contributed by atoms with Gasteiger partial charge in [-0.15, -0.1) is 0 Å². The molecule has 0 bridgehead atoms. The van der Waals surface area contributed by atoms with Crippen LogP contribution in [0, 0.1) is 10.1 Å². The Kier molecular flexibility index (Phi) is 3.99. The molecular formula is C17H17NO2. The van der Waals surface area contributed by atoms with E-state index in [0.29, 0.717) is 0 Å². The molecule has 0 atom stereocenters. The lowest BCUT2D eigenvalue weighted by Gasteiger charge is -2.20. The standard InChI is InChI=1S/C17H17NO2/c1-17(2,15-6-4-3-5-7-15)13-12-14-8-10-16(11-9-14)18(19)20/h3-13H,1-2H3/b13-12+. The normalized spacial score (nSPS) is 11.7. The molecule has 3 heteroatoms. The number of benzene rings is 2. The maximum Gasteiger partial charge on any atom is 0.269 e. The van der Waals surface area contributed by atoms with E-state index in [-0.39, 0.29) is 16.0 Å². The van der Waals surface area contributed by atoms with Gasteiger partial charge in [-0.25, -0.2) is 0 Å². The van der Waals surface area contributed by atoms with Gasteiger partial charge < -0.3 is 0 Å². The van der Waals surface area contributed by atoms with Gasteiger partial charge in [0.1, 0.15) is 0 Å². The molecule has 0 unspecified atom stereocenters. The Morgan fingerprint density at radius 3 is 2.15 bits per heavy atom. The summed E-state index contributed by atoms with van der Waals surface area (Å²) in [6, 6.07) is 16.8. The third-order valence-electron chi connectivity index (χ3n) is 3.31. The molecule has 20 heavy (non-hydrogen) atoms. The molecule has 0 fully saturated rings. The van der Waals surface area contributed by atoms with Crippen LogP contribution in [0.4, 0.5) is 5.69 Å². The summed E-state index contributed by atoms with van der Waals surface area (Å²) in [4.78, 5) is 10.2. The predicted molar refractivity (Wildman–Crippen MR) is 81.6 cm³/mol. The molecular weight excluding hydrogens is 250 g/mol. The van der Waals surface area contributed by atoms with Gasteiger partial charge in [-0.1, -0.05) is 56.3 Å². The van der Waals surface area contributed by atoms with E-state index in [1.807, 2.05) is 24.3 Å². The minimum atomic E-state index is -0.387. The third kappa shape index (κ3) is 3.32. The van der Waals surface area contributed by atoms with Gasteiger partial charge in [-0.2, -0.15) is 0 Å². The molecule has 0 saturated heterocycles. The van der Waals surface area contributed by atoms with Crippen LogP contribution >= 0.6 is 0 Å². The average Bonchev–Trinajstić information content (AvgIpc) is 2.46.